The van der Waals surface area contributed by atoms with Gasteiger partial charge in [0.2, 0.25) is 0 Å². The lowest BCUT2D eigenvalue weighted by molar-refractivity contribution is -0.385. The zero-order valence-corrected chi connectivity index (χ0v) is 12.3. The van der Waals surface area contributed by atoms with Crippen LogP contribution in [-0.2, 0) is 6.54 Å². The number of aliphatic hydroxyl groups excluding tert-OH is 1. The zero-order chi connectivity index (χ0) is 15.2. The summed E-state index contributed by atoms with van der Waals surface area (Å²) in [6, 6.07) is 5.21. The summed E-state index contributed by atoms with van der Waals surface area (Å²) in [5.41, 5.74) is 0.915. The van der Waals surface area contributed by atoms with E-state index in [-0.39, 0.29) is 17.2 Å². The van der Waals surface area contributed by atoms with Gasteiger partial charge >= 0.3 is 0 Å². The molecule has 0 heterocycles. The first-order chi connectivity index (χ1) is 10.2. The van der Waals surface area contributed by atoms with Crippen molar-refractivity contribution in [1.82, 2.24) is 4.90 Å². The van der Waals surface area contributed by atoms with Gasteiger partial charge in [-0.3, -0.25) is 15.0 Å². The number of hydrogen-bond acceptors (Lipinski definition) is 5. The first-order valence-corrected chi connectivity index (χ1v) is 7.32. The van der Waals surface area contributed by atoms with Crippen molar-refractivity contribution in [2.75, 3.05) is 20.3 Å². The molecule has 0 radical (unpaired) electrons. The number of ether oxygens (including phenoxy) is 1. The highest BCUT2D eigenvalue weighted by atomic mass is 16.6. The molecule has 0 atom stereocenters. The molecule has 1 N–H and O–H groups in total. The molecule has 1 aromatic rings. The van der Waals surface area contributed by atoms with Crippen molar-refractivity contribution in [2.45, 2.75) is 38.3 Å². The number of rotatable bonds is 8. The van der Waals surface area contributed by atoms with E-state index in [1.54, 1.807) is 19.2 Å². The molecule has 0 unspecified atom stereocenters. The zero-order valence-electron chi connectivity index (χ0n) is 12.3. The molecule has 0 aliphatic heterocycles. The third kappa shape index (κ3) is 3.92. The van der Waals surface area contributed by atoms with E-state index in [1.807, 2.05) is 0 Å². The van der Waals surface area contributed by atoms with Crippen molar-refractivity contribution in [2.24, 2.45) is 0 Å². The molecule has 1 aliphatic carbocycles. The van der Waals surface area contributed by atoms with Crippen LogP contribution in [0.1, 0.15) is 31.2 Å². The number of nitro groups is 1. The smallest absolute Gasteiger partial charge is 0.270 e. The second-order valence-corrected chi connectivity index (χ2v) is 5.39. The summed E-state index contributed by atoms with van der Waals surface area (Å²) in [4.78, 5) is 12.8. The van der Waals surface area contributed by atoms with E-state index < -0.39 is 0 Å². The van der Waals surface area contributed by atoms with Crippen molar-refractivity contribution in [3.63, 3.8) is 0 Å². The molecule has 116 valence electrons. The number of nitrogens with zero attached hydrogens (tertiary/aromatic N) is 2. The number of non-ortho nitro benzene ring substituents is 1. The molecule has 1 saturated carbocycles. The van der Waals surface area contributed by atoms with Crippen molar-refractivity contribution >= 4 is 5.69 Å². The fraction of sp³-hybridized carbons (Fsp3) is 0.600. The molecular formula is C15H22N2O4. The maximum Gasteiger partial charge on any atom is 0.270 e. The average Bonchev–Trinajstić information content (AvgIpc) is 2.42. The Kier molecular flexibility index (Phi) is 5.52. The van der Waals surface area contributed by atoms with Gasteiger partial charge in [0.05, 0.1) is 12.0 Å². The lowest BCUT2D eigenvalue weighted by atomic mass is 9.91. The van der Waals surface area contributed by atoms with E-state index in [1.165, 1.54) is 12.5 Å². The molecule has 0 saturated heterocycles. The van der Waals surface area contributed by atoms with Crippen LogP contribution in [-0.4, -0.2) is 41.2 Å². The Morgan fingerprint density at radius 1 is 1.48 bits per heavy atom. The van der Waals surface area contributed by atoms with Crippen LogP contribution in [0, 0.1) is 10.1 Å². The molecule has 1 aromatic carbocycles. The van der Waals surface area contributed by atoms with Gasteiger partial charge in [-0.05, 0) is 25.3 Å². The normalized spacial score (nSPS) is 15.0. The standard InChI is InChI=1S/C15H22N2O4/c1-21-15-7-6-14(17(19)20)10-12(15)11-16(8-3-9-18)13-4-2-5-13/h6-7,10,13,18H,2-5,8-9,11H2,1H3. The molecule has 21 heavy (non-hydrogen) atoms. The maximum atomic E-state index is 10.9. The average molecular weight is 294 g/mol. The number of methoxy groups -OCH3 is 1. The topological polar surface area (TPSA) is 75.8 Å². The predicted molar refractivity (Wildman–Crippen MR) is 79.4 cm³/mol. The highest BCUT2D eigenvalue weighted by Crippen LogP contribution is 2.30. The Labute approximate surface area is 124 Å². The highest BCUT2D eigenvalue weighted by molar-refractivity contribution is 5.43. The number of aliphatic hydroxyl groups is 1. The summed E-state index contributed by atoms with van der Waals surface area (Å²) in [7, 11) is 1.58. The lowest BCUT2D eigenvalue weighted by Gasteiger charge is -2.37. The Morgan fingerprint density at radius 3 is 2.76 bits per heavy atom. The Bertz CT molecular complexity index is 489. The third-order valence-electron chi connectivity index (χ3n) is 4.04. The summed E-state index contributed by atoms with van der Waals surface area (Å²) in [5.74, 6) is 0.675. The van der Waals surface area contributed by atoms with Crippen LogP contribution in [0.25, 0.3) is 0 Å². The molecular weight excluding hydrogens is 272 g/mol. The fourth-order valence-electron chi connectivity index (χ4n) is 2.64. The van der Waals surface area contributed by atoms with Crippen LogP contribution in [0.5, 0.6) is 5.75 Å². The van der Waals surface area contributed by atoms with Crippen LogP contribution in [0.2, 0.25) is 0 Å². The number of hydrogen-bond donors (Lipinski definition) is 1. The third-order valence-corrected chi connectivity index (χ3v) is 4.04. The largest absolute Gasteiger partial charge is 0.496 e. The summed E-state index contributed by atoms with van der Waals surface area (Å²) < 4.78 is 5.32. The number of nitro benzene ring substituents is 1. The first kappa shape index (κ1) is 15.7. The van der Waals surface area contributed by atoms with E-state index in [9.17, 15) is 10.1 Å². The van der Waals surface area contributed by atoms with Crippen LogP contribution in [0.4, 0.5) is 5.69 Å². The van der Waals surface area contributed by atoms with Crippen molar-refractivity contribution < 1.29 is 14.8 Å². The highest BCUT2D eigenvalue weighted by Gasteiger charge is 2.25. The minimum absolute atomic E-state index is 0.0847. The molecule has 0 aromatic heterocycles. The van der Waals surface area contributed by atoms with Gasteiger partial charge in [0.1, 0.15) is 5.75 Å². The minimum Gasteiger partial charge on any atom is -0.496 e. The van der Waals surface area contributed by atoms with Gasteiger partial charge < -0.3 is 9.84 Å². The second-order valence-electron chi connectivity index (χ2n) is 5.39. The van der Waals surface area contributed by atoms with Crippen LogP contribution in [0.15, 0.2) is 18.2 Å². The van der Waals surface area contributed by atoms with E-state index in [0.29, 0.717) is 24.8 Å². The molecule has 6 nitrogen and oxygen atoms in total. The number of benzene rings is 1. The van der Waals surface area contributed by atoms with Gasteiger partial charge in [0.15, 0.2) is 0 Å². The summed E-state index contributed by atoms with van der Waals surface area (Å²) in [6.07, 6.45) is 4.26. The van der Waals surface area contributed by atoms with Crippen molar-refractivity contribution in [1.29, 1.82) is 0 Å². The molecule has 6 heteroatoms. The second kappa shape index (κ2) is 7.38. The Morgan fingerprint density at radius 2 is 2.24 bits per heavy atom. The van der Waals surface area contributed by atoms with Gasteiger partial charge in [0, 0.05) is 43.4 Å². The van der Waals surface area contributed by atoms with Crippen molar-refractivity contribution in [3.05, 3.63) is 33.9 Å². The van der Waals surface area contributed by atoms with Gasteiger partial charge in [-0.1, -0.05) is 6.42 Å². The van der Waals surface area contributed by atoms with Gasteiger partial charge in [-0.15, -0.1) is 0 Å². The molecule has 0 amide bonds. The molecule has 0 spiro atoms. The summed E-state index contributed by atoms with van der Waals surface area (Å²) in [6.45, 7) is 1.58. The summed E-state index contributed by atoms with van der Waals surface area (Å²) in [5, 5.41) is 20.0. The SMILES string of the molecule is COc1ccc([N+](=O)[O-])cc1CN(CCCO)C1CCC1. The molecule has 0 bridgehead atoms. The first-order valence-electron chi connectivity index (χ1n) is 7.32. The maximum absolute atomic E-state index is 10.9. The van der Waals surface area contributed by atoms with Gasteiger partial charge in [0.25, 0.3) is 5.69 Å². The molecule has 1 aliphatic rings. The van der Waals surface area contributed by atoms with Crippen LogP contribution in [0.3, 0.4) is 0 Å². The Balaban J connectivity index is 2.17. The summed E-state index contributed by atoms with van der Waals surface area (Å²) >= 11 is 0. The predicted octanol–water partition coefficient (Wildman–Crippen LogP) is 2.34. The van der Waals surface area contributed by atoms with E-state index in [4.69, 9.17) is 9.84 Å². The Hall–Kier alpha value is -1.66. The van der Waals surface area contributed by atoms with Crippen LogP contribution >= 0.6 is 0 Å². The monoisotopic (exact) mass is 294 g/mol. The van der Waals surface area contributed by atoms with E-state index in [0.717, 1.165) is 24.9 Å². The van der Waals surface area contributed by atoms with E-state index >= 15 is 0 Å². The van der Waals surface area contributed by atoms with Gasteiger partial charge in [-0.2, -0.15) is 0 Å². The minimum atomic E-state index is -0.385. The lowest BCUT2D eigenvalue weighted by Crippen LogP contribution is -2.40. The quantitative estimate of drug-likeness (QED) is 0.588. The fourth-order valence-corrected chi connectivity index (χ4v) is 2.64. The van der Waals surface area contributed by atoms with Crippen LogP contribution < -0.4 is 4.74 Å². The molecule has 2 rings (SSSR count). The van der Waals surface area contributed by atoms with E-state index in [2.05, 4.69) is 4.90 Å². The van der Waals surface area contributed by atoms with Crippen molar-refractivity contribution in [3.8, 4) is 5.75 Å². The van der Waals surface area contributed by atoms with Gasteiger partial charge in [-0.25, -0.2) is 0 Å². The molecule has 1 fully saturated rings.